The van der Waals surface area contributed by atoms with Crippen LogP contribution < -0.4 is 5.32 Å². The molecule has 1 amide bonds. The van der Waals surface area contributed by atoms with Gasteiger partial charge in [0.15, 0.2) is 0 Å². The summed E-state index contributed by atoms with van der Waals surface area (Å²) in [5.41, 5.74) is 0.0699. The molecule has 1 aliphatic rings. The molecule has 0 spiro atoms. The highest BCUT2D eigenvalue weighted by atomic mass is 16.4. The summed E-state index contributed by atoms with van der Waals surface area (Å²) >= 11 is 0. The van der Waals surface area contributed by atoms with Crippen LogP contribution in [0.3, 0.4) is 0 Å². The molecule has 0 aromatic carbocycles. The van der Waals surface area contributed by atoms with E-state index in [1.165, 1.54) is 6.92 Å². The van der Waals surface area contributed by atoms with Crippen molar-refractivity contribution < 1.29 is 14.7 Å². The van der Waals surface area contributed by atoms with Gasteiger partial charge in [0, 0.05) is 17.7 Å². The van der Waals surface area contributed by atoms with Gasteiger partial charge in [0.25, 0.3) is 0 Å². The Morgan fingerprint density at radius 2 is 1.93 bits per heavy atom. The molecule has 0 radical (unpaired) electrons. The van der Waals surface area contributed by atoms with Crippen molar-refractivity contribution in [2.24, 2.45) is 0 Å². The Balaban J connectivity index is 2.41. The summed E-state index contributed by atoms with van der Waals surface area (Å²) in [6, 6.07) is 0.236. The van der Waals surface area contributed by atoms with Gasteiger partial charge in [-0.05, 0) is 19.8 Å². The molecule has 0 unspecified atom stereocenters. The molecule has 1 fully saturated rings. The van der Waals surface area contributed by atoms with Gasteiger partial charge in [-0.3, -0.25) is 4.79 Å². The maximum Gasteiger partial charge on any atom is 0.331 e. The largest absolute Gasteiger partial charge is 0.478 e. The van der Waals surface area contributed by atoms with E-state index >= 15 is 0 Å². The van der Waals surface area contributed by atoms with E-state index in [0.29, 0.717) is 0 Å². The first-order valence-electron chi connectivity index (χ1n) is 4.81. The number of aliphatic carboxylic acids is 1. The van der Waals surface area contributed by atoms with Crippen LogP contribution in [0.5, 0.6) is 0 Å². The van der Waals surface area contributed by atoms with E-state index in [9.17, 15) is 9.59 Å². The number of nitrogens with one attached hydrogen (secondary N) is 1. The second-order valence-corrected chi connectivity index (χ2v) is 3.62. The van der Waals surface area contributed by atoms with Crippen molar-refractivity contribution >= 4 is 11.9 Å². The molecule has 14 heavy (non-hydrogen) atoms. The SMILES string of the molecule is CC(=CC(=O)NC1CCCC1)C(=O)O. The van der Waals surface area contributed by atoms with E-state index in [0.717, 1.165) is 31.8 Å². The fraction of sp³-hybridized carbons (Fsp3) is 0.600. The first-order valence-corrected chi connectivity index (χ1v) is 4.81. The number of rotatable bonds is 3. The van der Waals surface area contributed by atoms with Gasteiger partial charge in [0.2, 0.25) is 5.91 Å². The van der Waals surface area contributed by atoms with Gasteiger partial charge in [0.1, 0.15) is 0 Å². The summed E-state index contributed by atoms with van der Waals surface area (Å²) in [7, 11) is 0. The first-order chi connectivity index (χ1) is 6.59. The van der Waals surface area contributed by atoms with Crippen molar-refractivity contribution in [2.75, 3.05) is 0 Å². The summed E-state index contributed by atoms with van der Waals surface area (Å²) in [6.45, 7) is 1.41. The lowest BCUT2D eigenvalue weighted by Gasteiger charge is -2.09. The Bertz CT molecular complexity index is 265. The van der Waals surface area contributed by atoms with Crippen LogP contribution in [0, 0.1) is 0 Å². The van der Waals surface area contributed by atoms with Crippen LogP contribution in [-0.2, 0) is 9.59 Å². The molecule has 1 rings (SSSR count). The molecule has 0 bridgehead atoms. The minimum atomic E-state index is -1.05. The number of amides is 1. The standard InChI is InChI=1S/C10H15NO3/c1-7(10(13)14)6-9(12)11-8-4-2-3-5-8/h6,8H,2-5H2,1H3,(H,11,12)(H,13,14). The molecule has 4 nitrogen and oxygen atoms in total. The molecule has 1 aliphatic carbocycles. The topological polar surface area (TPSA) is 66.4 Å². The second-order valence-electron chi connectivity index (χ2n) is 3.62. The van der Waals surface area contributed by atoms with Crippen molar-refractivity contribution in [1.82, 2.24) is 5.32 Å². The molecule has 1 saturated carbocycles. The summed E-state index contributed by atoms with van der Waals surface area (Å²) in [5.74, 6) is -1.34. The van der Waals surface area contributed by atoms with E-state index in [-0.39, 0.29) is 17.5 Å². The number of carboxylic acid groups (broad SMARTS) is 1. The molecule has 2 N–H and O–H groups in total. The molecule has 0 saturated heterocycles. The molecular formula is C10H15NO3. The second kappa shape index (κ2) is 4.79. The van der Waals surface area contributed by atoms with Crippen LogP contribution in [0.2, 0.25) is 0 Å². The molecule has 4 heteroatoms. The Hall–Kier alpha value is -1.32. The quantitative estimate of drug-likeness (QED) is 0.665. The van der Waals surface area contributed by atoms with Crippen LogP contribution in [0.4, 0.5) is 0 Å². The number of carboxylic acids is 1. The maximum absolute atomic E-state index is 11.3. The molecular weight excluding hydrogens is 182 g/mol. The predicted octanol–water partition coefficient (Wildman–Crippen LogP) is 1.08. The third kappa shape index (κ3) is 3.20. The van der Waals surface area contributed by atoms with Gasteiger partial charge in [-0.15, -0.1) is 0 Å². The van der Waals surface area contributed by atoms with Gasteiger partial charge < -0.3 is 10.4 Å². The minimum absolute atomic E-state index is 0.0699. The van der Waals surface area contributed by atoms with Crippen LogP contribution in [-0.4, -0.2) is 23.0 Å². The van der Waals surface area contributed by atoms with Crippen LogP contribution in [0.15, 0.2) is 11.6 Å². The van der Waals surface area contributed by atoms with Crippen LogP contribution >= 0.6 is 0 Å². The number of carbonyl (C=O) groups is 2. The number of hydrogen-bond acceptors (Lipinski definition) is 2. The summed E-state index contributed by atoms with van der Waals surface area (Å²) in [6.07, 6.45) is 5.44. The van der Waals surface area contributed by atoms with Gasteiger partial charge in [0.05, 0.1) is 0 Å². The maximum atomic E-state index is 11.3. The van der Waals surface area contributed by atoms with Gasteiger partial charge >= 0.3 is 5.97 Å². The Kier molecular flexibility index (Phi) is 3.68. The fourth-order valence-corrected chi connectivity index (χ4v) is 1.57. The Morgan fingerprint density at radius 1 is 1.36 bits per heavy atom. The zero-order valence-electron chi connectivity index (χ0n) is 8.25. The Morgan fingerprint density at radius 3 is 2.43 bits per heavy atom. The van der Waals surface area contributed by atoms with Crippen molar-refractivity contribution in [2.45, 2.75) is 38.6 Å². The highest BCUT2D eigenvalue weighted by molar-refractivity contribution is 5.97. The van der Waals surface area contributed by atoms with Crippen LogP contribution in [0.25, 0.3) is 0 Å². The number of carbonyl (C=O) groups excluding carboxylic acids is 1. The summed E-state index contributed by atoms with van der Waals surface area (Å²) in [5, 5.41) is 11.3. The molecule has 0 aromatic rings. The van der Waals surface area contributed by atoms with Crippen molar-refractivity contribution in [3.63, 3.8) is 0 Å². The average molecular weight is 197 g/mol. The summed E-state index contributed by atoms with van der Waals surface area (Å²) in [4.78, 5) is 21.7. The van der Waals surface area contributed by atoms with E-state index in [1.807, 2.05) is 0 Å². The predicted molar refractivity (Wildman–Crippen MR) is 51.8 cm³/mol. The van der Waals surface area contributed by atoms with Crippen molar-refractivity contribution in [3.8, 4) is 0 Å². The van der Waals surface area contributed by atoms with Crippen molar-refractivity contribution in [1.29, 1.82) is 0 Å². The number of hydrogen-bond donors (Lipinski definition) is 2. The molecule has 78 valence electrons. The zero-order valence-corrected chi connectivity index (χ0v) is 8.25. The van der Waals surface area contributed by atoms with Gasteiger partial charge in [-0.25, -0.2) is 4.79 Å². The van der Waals surface area contributed by atoms with Crippen LogP contribution in [0.1, 0.15) is 32.6 Å². The lowest BCUT2D eigenvalue weighted by molar-refractivity contribution is -0.133. The minimum Gasteiger partial charge on any atom is -0.478 e. The monoisotopic (exact) mass is 197 g/mol. The Labute approximate surface area is 83.0 Å². The third-order valence-corrected chi connectivity index (χ3v) is 2.39. The summed E-state index contributed by atoms with van der Waals surface area (Å²) < 4.78 is 0. The van der Waals surface area contributed by atoms with Crippen molar-refractivity contribution in [3.05, 3.63) is 11.6 Å². The highest BCUT2D eigenvalue weighted by Crippen LogP contribution is 2.17. The van der Waals surface area contributed by atoms with E-state index < -0.39 is 5.97 Å². The molecule has 0 heterocycles. The van der Waals surface area contributed by atoms with Gasteiger partial charge in [-0.2, -0.15) is 0 Å². The molecule has 0 atom stereocenters. The van der Waals surface area contributed by atoms with Gasteiger partial charge in [-0.1, -0.05) is 12.8 Å². The average Bonchev–Trinajstić information content (AvgIpc) is 2.56. The lowest BCUT2D eigenvalue weighted by Crippen LogP contribution is -2.31. The first kappa shape index (κ1) is 10.8. The third-order valence-electron chi connectivity index (χ3n) is 2.39. The zero-order chi connectivity index (χ0) is 10.6. The molecule has 0 aliphatic heterocycles. The fourth-order valence-electron chi connectivity index (χ4n) is 1.57. The lowest BCUT2D eigenvalue weighted by atomic mass is 10.2. The molecule has 0 aromatic heterocycles. The normalized spacial score (nSPS) is 18.2. The smallest absolute Gasteiger partial charge is 0.331 e. The van der Waals surface area contributed by atoms with E-state index in [1.54, 1.807) is 0 Å². The van der Waals surface area contributed by atoms with E-state index in [4.69, 9.17) is 5.11 Å². The highest BCUT2D eigenvalue weighted by Gasteiger charge is 2.16. The van der Waals surface area contributed by atoms with E-state index in [2.05, 4.69) is 5.32 Å².